The van der Waals surface area contributed by atoms with Gasteiger partial charge in [-0.1, -0.05) is 0 Å². The summed E-state index contributed by atoms with van der Waals surface area (Å²) in [6.45, 7) is 6.93. The standard InChI is InChI=1S/C26H35N7OS/c1-13-20(24-32-22-19(35-24)8-9-28-21(22)15-6-7-15)23(33-25(30-13)29-12-14-4-5-14)31-16-10-17(18(34)11-16)26(2,3)27/h8-9,14-18,34H,4-7,10-12,27H2,1-3H3,(H2,29,30,31,33)/t16?,17?,18-/m0/s1. The van der Waals surface area contributed by atoms with Gasteiger partial charge in [0.2, 0.25) is 5.95 Å². The van der Waals surface area contributed by atoms with Gasteiger partial charge in [0.25, 0.3) is 0 Å². The number of nitrogens with zero attached hydrogens (tertiary/aromatic N) is 4. The first-order valence-corrected chi connectivity index (χ1v) is 13.7. The molecule has 35 heavy (non-hydrogen) atoms. The largest absolute Gasteiger partial charge is 0.393 e. The Labute approximate surface area is 210 Å². The number of aliphatic hydroxyl groups is 1. The molecule has 2 unspecified atom stereocenters. The van der Waals surface area contributed by atoms with Crippen LogP contribution in [-0.4, -0.2) is 49.3 Å². The third-order valence-corrected chi connectivity index (χ3v) is 8.71. The van der Waals surface area contributed by atoms with E-state index >= 15 is 0 Å². The van der Waals surface area contributed by atoms with Crippen molar-refractivity contribution in [2.75, 3.05) is 17.2 Å². The van der Waals surface area contributed by atoms with Crippen LogP contribution in [0.15, 0.2) is 12.3 Å². The zero-order valence-corrected chi connectivity index (χ0v) is 21.5. The van der Waals surface area contributed by atoms with E-state index in [1.54, 1.807) is 11.3 Å². The highest BCUT2D eigenvalue weighted by Gasteiger charge is 2.41. The van der Waals surface area contributed by atoms with E-state index in [0.717, 1.165) is 56.9 Å². The van der Waals surface area contributed by atoms with Crippen molar-refractivity contribution in [2.45, 2.75) is 82.9 Å². The van der Waals surface area contributed by atoms with E-state index in [-0.39, 0.29) is 12.0 Å². The zero-order valence-electron chi connectivity index (χ0n) is 20.7. The average molecular weight is 494 g/mol. The summed E-state index contributed by atoms with van der Waals surface area (Å²) in [6.07, 6.45) is 7.85. The second kappa shape index (κ2) is 8.64. The zero-order chi connectivity index (χ0) is 24.3. The van der Waals surface area contributed by atoms with Crippen LogP contribution in [0.1, 0.15) is 69.7 Å². The predicted molar refractivity (Wildman–Crippen MR) is 141 cm³/mol. The summed E-state index contributed by atoms with van der Waals surface area (Å²) < 4.78 is 1.15. The summed E-state index contributed by atoms with van der Waals surface area (Å²) >= 11 is 1.67. The molecular formula is C26H35N7OS. The van der Waals surface area contributed by atoms with Gasteiger partial charge >= 0.3 is 0 Å². The minimum atomic E-state index is -0.434. The molecule has 3 saturated carbocycles. The number of rotatable bonds is 8. The van der Waals surface area contributed by atoms with Crippen LogP contribution in [0.3, 0.4) is 0 Å². The summed E-state index contributed by atoms with van der Waals surface area (Å²) in [4.78, 5) is 19.5. The van der Waals surface area contributed by atoms with E-state index in [2.05, 4.69) is 21.7 Å². The first kappa shape index (κ1) is 23.1. The number of nitrogens with two attached hydrogens (primary N) is 1. The van der Waals surface area contributed by atoms with Crippen LogP contribution in [0.5, 0.6) is 0 Å². The molecular weight excluding hydrogens is 458 g/mol. The van der Waals surface area contributed by atoms with E-state index in [0.29, 0.717) is 18.3 Å². The molecule has 186 valence electrons. The number of thiazole rings is 1. The molecule has 0 aromatic carbocycles. The Morgan fingerprint density at radius 3 is 2.63 bits per heavy atom. The van der Waals surface area contributed by atoms with Crippen molar-refractivity contribution in [1.29, 1.82) is 0 Å². The van der Waals surface area contributed by atoms with Crippen molar-refractivity contribution in [3.05, 3.63) is 23.7 Å². The molecule has 0 amide bonds. The average Bonchev–Trinajstić information content (AvgIpc) is 3.71. The lowest BCUT2D eigenvalue weighted by molar-refractivity contribution is 0.0956. The molecule has 3 aliphatic rings. The van der Waals surface area contributed by atoms with Gasteiger partial charge in [-0.2, -0.15) is 4.98 Å². The van der Waals surface area contributed by atoms with Crippen molar-refractivity contribution >= 4 is 33.3 Å². The minimum Gasteiger partial charge on any atom is -0.393 e. The SMILES string of the molecule is Cc1nc(NCC2CC2)nc(NC2CC(C(C)(C)N)[C@@H](O)C2)c1-c1nc2c(C3CC3)nccc2s1. The van der Waals surface area contributed by atoms with Gasteiger partial charge in [-0.15, -0.1) is 11.3 Å². The summed E-state index contributed by atoms with van der Waals surface area (Å²) in [5.41, 5.74) is 9.91. The molecule has 3 aromatic heterocycles. The topological polar surface area (TPSA) is 122 Å². The summed E-state index contributed by atoms with van der Waals surface area (Å²) in [6, 6.07) is 2.14. The van der Waals surface area contributed by atoms with Gasteiger partial charge in [-0.3, -0.25) is 4.98 Å². The molecule has 3 heterocycles. The fraction of sp³-hybridized carbons (Fsp3) is 0.615. The van der Waals surface area contributed by atoms with E-state index < -0.39 is 11.6 Å². The van der Waals surface area contributed by atoms with E-state index in [9.17, 15) is 5.11 Å². The molecule has 9 heteroatoms. The third-order valence-electron chi connectivity index (χ3n) is 7.67. The van der Waals surface area contributed by atoms with Crippen LogP contribution >= 0.6 is 11.3 Å². The van der Waals surface area contributed by atoms with Gasteiger partial charge in [0.15, 0.2) is 0 Å². The molecule has 3 atom stereocenters. The lowest BCUT2D eigenvalue weighted by Gasteiger charge is -2.29. The minimum absolute atomic E-state index is 0.0356. The highest BCUT2D eigenvalue weighted by atomic mass is 32.1. The Bertz CT molecular complexity index is 1240. The maximum Gasteiger partial charge on any atom is 0.224 e. The number of hydrogen-bond donors (Lipinski definition) is 4. The number of aliphatic hydroxyl groups excluding tert-OH is 1. The van der Waals surface area contributed by atoms with Crippen LogP contribution < -0.4 is 16.4 Å². The van der Waals surface area contributed by atoms with Crippen molar-refractivity contribution in [3.63, 3.8) is 0 Å². The Kier molecular flexibility index (Phi) is 5.69. The number of pyridine rings is 1. The first-order chi connectivity index (χ1) is 16.8. The van der Waals surface area contributed by atoms with Crippen molar-refractivity contribution in [1.82, 2.24) is 19.9 Å². The summed E-state index contributed by atoms with van der Waals surface area (Å²) in [5.74, 6) is 2.73. The Morgan fingerprint density at radius 1 is 1.14 bits per heavy atom. The van der Waals surface area contributed by atoms with Gasteiger partial charge < -0.3 is 21.5 Å². The lowest BCUT2D eigenvalue weighted by atomic mass is 9.85. The second-order valence-corrected chi connectivity index (χ2v) is 12.4. The predicted octanol–water partition coefficient (Wildman–Crippen LogP) is 4.44. The lowest BCUT2D eigenvalue weighted by Crippen LogP contribution is -2.44. The number of fused-ring (bicyclic) bond motifs is 1. The fourth-order valence-electron chi connectivity index (χ4n) is 5.33. The highest BCUT2D eigenvalue weighted by molar-refractivity contribution is 7.21. The van der Waals surface area contributed by atoms with Gasteiger partial charge in [-0.05, 0) is 71.3 Å². The van der Waals surface area contributed by atoms with E-state index in [4.69, 9.17) is 20.7 Å². The molecule has 6 rings (SSSR count). The molecule has 3 aliphatic carbocycles. The van der Waals surface area contributed by atoms with Crippen LogP contribution in [-0.2, 0) is 0 Å². The van der Waals surface area contributed by atoms with Crippen LogP contribution in [0.2, 0.25) is 0 Å². The van der Waals surface area contributed by atoms with Crippen LogP contribution in [0.4, 0.5) is 11.8 Å². The molecule has 0 bridgehead atoms. The summed E-state index contributed by atoms with van der Waals surface area (Å²) in [5, 5.41) is 18.7. The number of hydrogen-bond acceptors (Lipinski definition) is 9. The van der Waals surface area contributed by atoms with Gasteiger partial charge in [0.05, 0.1) is 27.8 Å². The van der Waals surface area contributed by atoms with Crippen LogP contribution in [0.25, 0.3) is 20.8 Å². The third kappa shape index (κ3) is 4.73. The molecule has 3 aromatic rings. The van der Waals surface area contributed by atoms with Crippen LogP contribution in [0, 0.1) is 18.8 Å². The molecule has 3 fully saturated rings. The quantitative estimate of drug-likeness (QED) is 0.363. The number of aromatic nitrogens is 4. The molecule has 0 aliphatic heterocycles. The molecule has 0 spiro atoms. The first-order valence-electron chi connectivity index (χ1n) is 12.9. The number of anilines is 2. The molecule has 0 saturated heterocycles. The van der Waals surface area contributed by atoms with Gasteiger partial charge in [0, 0.05) is 36.2 Å². The van der Waals surface area contributed by atoms with Crippen molar-refractivity contribution < 1.29 is 5.11 Å². The Balaban J connectivity index is 1.37. The van der Waals surface area contributed by atoms with E-state index in [1.807, 2.05) is 27.0 Å². The molecule has 5 N–H and O–H groups in total. The normalized spacial score (nSPS) is 24.8. The van der Waals surface area contributed by atoms with Crippen molar-refractivity contribution in [3.8, 4) is 10.6 Å². The smallest absolute Gasteiger partial charge is 0.224 e. The van der Waals surface area contributed by atoms with Gasteiger partial charge in [0.1, 0.15) is 16.3 Å². The molecule has 0 radical (unpaired) electrons. The fourth-order valence-corrected chi connectivity index (χ4v) is 6.40. The van der Waals surface area contributed by atoms with Crippen molar-refractivity contribution in [2.24, 2.45) is 17.6 Å². The Hall–Kier alpha value is -2.36. The molecule has 8 nitrogen and oxygen atoms in total. The highest BCUT2D eigenvalue weighted by Crippen LogP contribution is 2.45. The number of aryl methyl sites for hydroxylation is 1. The maximum absolute atomic E-state index is 10.7. The summed E-state index contributed by atoms with van der Waals surface area (Å²) in [7, 11) is 0. The van der Waals surface area contributed by atoms with E-state index in [1.165, 1.54) is 25.7 Å². The maximum atomic E-state index is 10.7. The number of nitrogens with one attached hydrogen (secondary N) is 2. The Morgan fingerprint density at radius 2 is 1.94 bits per heavy atom. The monoisotopic (exact) mass is 493 g/mol. The second-order valence-electron chi connectivity index (χ2n) is 11.3. The van der Waals surface area contributed by atoms with Gasteiger partial charge in [-0.25, -0.2) is 9.97 Å².